The molecule has 0 spiro atoms. The molecule has 0 aliphatic carbocycles. The van der Waals surface area contributed by atoms with Gasteiger partial charge in [-0.25, -0.2) is 0 Å². The van der Waals surface area contributed by atoms with Gasteiger partial charge in [-0.1, -0.05) is 6.07 Å². The Labute approximate surface area is 122 Å². The molecule has 1 saturated heterocycles. The Morgan fingerprint density at radius 3 is 2.65 bits per heavy atom. The lowest BCUT2D eigenvalue weighted by Gasteiger charge is -2.41. The van der Waals surface area contributed by atoms with Crippen molar-refractivity contribution in [3.8, 4) is 0 Å². The van der Waals surface area contributed by atoms with Gasteiger partial charge in [0.05, 0.1) is 17.2 Å². The van der Waals surface area contributed by atoms with E-state index >= 15 is 0 Å². The molecule has 2 aliphatic heterocycles. The normalized spacial score (nSPS) is 27.4. The van der Waals surface area contributed by atoms with E-state index in [9.17, 15) is 0 Å². The second kappa shape index (κ2) is 4.39. The van der Waals surface area contributed by atoms with E-state index in [0.717, 1.165) is 25.1 Å². The van der Waals surface area contributed by atoms with Gasteiger partial charge in [-0.3, -0.25) is 0 Å². The Bertz CT molecular complexity index is 522. The van der Waals surface area contributed by atoms with Crippen LogP contribution >= 0.6 is 0 Å². The number of fused-ring (bicyclic) bond motifs is 1. The van der Waals surface area contributed by atoms with Gasteiger partial charge in [0.25, 0.3) is 0 Å². The van der Waals surface area contributed by atoms with Crippen molar-refractivity contribution < 1.29 is 4.74 Å². The summed E-state index contributed by atoms with van der Waals surface area (Å²) >= 11 is 0. The van der Waals surface area contributed by atoms with Crippen molar-refractivity contribution in [1.82, 2.24) is 0 Å². The SMILES string of the molecule is CC1(C)CC(N2CCCc3ccc(N)cc32)C(C)(C)O1. The van der Waals surface area contributed by atoms with E-state index in [0.29, 0.717) is 6.04 Å². The van der Waals surface area contributed by atoms with Crippen LogP contribution in [0, 0.1) is 0 Å². The Hall–Kier alpha value is -1.22. The third-order valence-corrected chi connectivity index (χ3v) is 4.67. The number of rotatable bonds is 1. The maximum atomic E-state index is 6.27. The van der Waals surface area contributed by atoms with E-state index in [2.05, 4.69) is 44.7 Å². The maximum Gasteiger partial charge on any atom is 0.0837 e. The van der Waals surface area contributed by atoms with Crippen molar-refractivity contribution in [3.63, 3.8) is 0 Å². The molecule has 2 N–H and O–H groups in total. The molecule has 20 heavy (non-hydrogen) atoms. The van der Waals surface area contributed by atoms with Crippen LogP contribution in [0.1, 0.15) is 46.1 Å². The predicted octanol–water partition coefficient (Wildman–Crippen LogP) is 3.37. The van der Waals surface area contributed by atoms with Gasteiger partial charge in [0.15, 0.2) is 0 Å². The van der Waals surface area contributed by atoms with Crippen molar-refractivity contribution >= 4 is 11.4 Å². The Morgan fingerprint density at radius 2 is 2.00 bits per heavy atom. The van der Waals surface area contributed by atoms with Crippen LogP contribution in [0.15, 0.2) is 18.2 Å². The van der Waals surface area contributed by atoms with Crippen LogP contribution < -0.4 is 10.6 Å². The number of nitrogens with two attached hydrogens (primary N) is 1. The first-order valence-corrected chi connectivity index (χ1v) is 7.64. The molecule has 3 rings (SSSR count). The highest BCUT2D eigenvalue weighted by molar-refractivity contribution is 5.63. The number of ether oxygens (including phenoxy) is 1. The molecule has 1 atom stereocenters. The molecule has 0 amide bonds. The molecule has 1 fully saturated rings. The van der Waals surface area contributed by atoms with E-state index in [1.54, 1.807) is 0 Å². The van der Waals surface area contributed by atoms with Crippen LogP contribution in [-0.4, -0.2) is 23.8 Å². The topological polar surface area (TPSA) is 38.5 Å². The van der Waals surface area contributed by atoms with Gasteiger partial charge in [-0.2, -0.15) is 0 Å². The van der Waals surface area contributed by atoms with Crippen molar-refractivity contribution in [2.45, 2.75) is 64.2 Å². The fourth-order valence-corrected chi connectivity index (χ4v) is 3.96. The third-order valence-electron chi connectivity index (χ3n) is 4.67. The Balaban J connectivity index is 1.99. The van der Waals surface area contributed by atoms with Crippen LogP contribution in [0.5, 0.6) is 0 Å². The highest BCUT2D eigenvalue weighted by Gasteiger charge is 2.49. The summed E-state index contributed by atoms with van der Waals surface area (Å²) in [6.07, 6.45) is 3.43. The van der Waals surface area contributed by atoms with Crippen LogP contribution in [0.3, 0.4) is 0 Å². The zero-order chi connectivity index (χ0) is 14.5. The van der Waals surface area contributed by atoms with Gasteiger partial charge < -0.3 is 15.4 Å². The number of hydrogen-bond acceptors (Lipinski definition) is 3. The summed E-state index contributed by atoms with van der Waals surface area (Å²) < 4.78 is 6.27. The summed E-state index contributed by atoms with van der Waals surface area (Å²) in [5.41, 5.74) is 9.42. The second-order valence-corrected chi connectivity index (χ2v) is 7.37. The molecule has 3 heteroatoms. The van der Waals surface area contributed by atoms with Crippen molar-refractivity contribution in [1.29, 1.82) is 0 Å². The Morgan fingerprint density at radius 1 is 1.25 bits per heavy atom. The molecule has 3 nitrogen and oxygen atoms in total. The minimum atomic E-state index is -0.122. The van der Waals surface area contributed by atoms with E-state index in [1.807, 2.05) is 6.07 Å². The zero-order valence-corrected chi connectivity index (χ0v) is 13.1. The van der Waals surface area contributed by atoms with Gasteiger partial charge >= 0.3 is 0 Å². The summed E-state index contributed by atoms with van der Waals surface area (Å²) in [5.74, 6) is 0. The molecule has 0 radical (unpaired) electrons. The molecule has 110 valence electrons. The quantitative estimate of drug-likeness (QED) is 0.798. The molecule has 1 aromatic rings. The largest absolute Gasteiger partial charge is 0.399 e. The van der Waals surface area contributed by atoms with E-state index in [1.165, 1.54) is 17.7 Å². The predicted molar refractivity (Wildman–Crippen MR) is 84.2 cm³/mol. The lowest BCUT2D eigenvalue weighted by atomic mass is 9.89. The molecule has 0 saturated carbocycles. The fraction of sp³-hybridized carbons (Fsp3) is 0.647. The van der Waals surface area contributed by atoms with Gasteiger partial charge in [0.1, 0.15) is 0 Å². The summed E-state index contributed by atoms with van der Waals surface area (Å²) in [7, 11) is 0. The summed E-state index contributed by atoms with van der Waals surface area (Å²) in [6, 6.07) is 6.75. The number of aryl methyl sites for hydroxylation is 1. The summed E-state index contributed by atoms with van der Waals surface area (Å²) in [4.78, 5) is 2.53. The monoisotopic (exact) mass is 274 g/mol. The van der Waals surface area contributed by atoms with Crippen LogP contribution in [0.4, 0.5) is 11.4 Å². The van der Waals surface area contributed by atoms with Gasteiger partial charge in [-0.05, 0) is 64.7 Å². The molecular formula is C17H26N2O. The molecule has 1 aromatic carbocycles. The average molecular weight is 274 g/mol. The molecule has 1 unspecified atom stereocenters. The van der Waals surface area contributed by atoms with Crippen molar-refractivity contribution in [3.05, 3.63) is 23.8 Å². The van der Waals surface area contributed by atoms with Crippen molar-refractivity contribution in [2.24, 2.45) is 0 Å². The highest BCUT2D eigenvalue weighted by atomic mass is 16.5. The van der Waals surface area contributed by atoms with Crippen LogP contribution in [0.25, 0.3) is 0 Å². The summed E-state index contributed by atoms with van der Waals surface area (Å²) in [5, 5.41) is 0. The maximum absolute atomic E-state index is 6.27. The standard InChI is InChI=1S/C17H26N2O/c1-16(2)11-15(17(3,4)20-16)19-9-5-6-12-7-8-13(18)10-14(12)19/h7-8,10,15H,5-6,9,11,18H2,1-4H3. The van der Waals surface area contributed by atoms with Gasteiger partial charge in [0.2, 0.25) is 0 Å². The van der Waals surface area contributed by atoms with Crippen LogP contribution in [-0.2, 0) is 11.2 Å². The molecule has 0 bridgehead atoms. The first-order chi connectivity index (χ1) is 9.28. The van der Waals surface area contributed by atoms with Gasteiger partial charge in [-0.15, -0.1) is 0 Å². The lowest BCUT2D eigenvalue weighted by molar-refractivity contribution is -0.0679. The number of anilines is 2. The smallest absolute Gasteiger partial charge is 0.0837 e. The third kappa shape index (κ3) is 2.28. The highest BCUT2D eigenvalue weighted by Crippen LogP contribution is 2.43. The fourth-order valence-electron chi connectivity index (χ4n) is 3.96. The Kier molecular flexibility index (Phi) is 3.02. The zero-order valence-electron chi connectivity index (χ0n) is 13.1. The molecular weight excluding hydrogens is 248 g/mol. The molecule has 2 aliphatic rings. The number of hydrogen-bond donors (Lipinski definition) is 1. The van der Waals surface area contributed by atoms with Crippen molar-refractivity contribution in [2.75, 3.05) is 17.2 Å². The average Bonchev–Trinajstić information content (AvgIpc) is 2.56. The number of nitrogen functional groups attached to an aromatic ring is 1. The van der Waals surface area contributed by atoms with Crippen LogP contribution in [0.2, 0.25) is 0 Å². The van der Waals surface area contributed by atoms with E-state index in [4.69, 9.17) is 10.5 Å². The minimum Gasteiger partial charge on any atom is -0.399 e. The number of nitrogens with zero attached hydrogens (tertiary/aromatic N) is 1. The first-order valence-electron chi connectivity index (χ1n) is 7.64. The minimum absolute atomic E-state index is 0.0495. The van der Waals surface area contributed by atoms with E-state index < -0.39 is 0 Å². The second-order valence-electron chi connectivity index (χ2n) is 7.37. The van der Waals surface area contributed by atoms with Gasteiger partial charge in [0, 0.05) is 17.9 Å². The lowest BCUT2D eigenvalue weighted by Crippen LogP contribution is -2.48. The first kappa shape index (κ1) is 13.7. The molecule has 2 heterocycles. The summed E-state index contributed by atoms with van der Waals surface area (Å²) in [6.45, 7) is 9.92. The number of benzene rings is 1. The molecule has 0 aromatic heterocycles. The van der Waals surface area contributed by atoms with E-state index in [-0.39, 0.29) is 11.2 Å².